The summed E-state index contributed by atoms with van der Waals surface area (Å²) in [5.41, 5.74) is 1.35. The first-order valence-corrected chi connectivity index (χ1v) is 8.15. The number of hydrogen-bond donors (Lipinski definition) is 1. The second-order valence-corrected chi connectivity index (χ2v) is 6.34. The van der Waals surface area contributed by atoms with Gasteiger partial charge in [0.25, 0.3) is 0 Å². The van der Waals surface area contributed by atoms with Gasteiger partial charge in [-0.05, 0) is 30.9 Å². The molecule has 0 aliphatic carbocycles. The maximum absolute atomic E-state index is 3.53. The first-order chi connectivity index (χ1) is 9.75. The van der Waals surface area contributed by atoms with Gasteiger partial charge in [0.05, 0.1) is 0 Å². The topological polar surface area (TPSA) is 15.3 Å². The Kier molecular flexibility index (Phi) is 6.25. The quantitative estimate of drug-likeness (QED) is 0.744. The van der Waals surface area contributed by atoms with Crippen molar-refractivity contribution in [2.75, 3.05) is 13.1 Å². The van der Waals surface area contributed by atoms with Gasteiger partial charge in [0.15, 0.2) is 0 Å². The van der Waals surface area contributed by atoms with E-state index in [-0.39, 0.29) is 0 Å². The molecule has 1 aromatic heterocycles. The molecular weight excluding hydrogens is 264 g/mol. The molecule has 0 saturated heterocycles. The van der Waals surface area contributed by atoms with Crippen LogP contribution in [0.25, 0.3) is 0 Å². The molecule has 2 rings (SSSR count). The maximum Gasteiger partial charge on any atom is 0.0331 e. The number of thiophene rings is 1. The minimum absolute atomic E-state index is 0.579. The van der Waals surface area contributed by atoms with Crippen molar-refractivity contribution in [3.05, 3.63) is 58.3 Å². The van der Waals surface area contributed by atoms with Gasteiger partial charge in [-0.15, -0.1) is 11.3 Å². The maximum atomic E-state index is 3.53. The summed E-state index contributed by atoms with van der Waals surface area (Å²) in [7, 11) is 0. The van der Waals surface area contributed by atoms with E-state index in [1.165, 1.54) is 10.4 Å². The molecule has 0 saturated carbocycles. The smallest absolute Gasteiger partial charge is 0.0331 e. The van der Waals surface area contributed by atoms with Crippen molar-refractivity contribution in [1.82, 2.24) is 10.2 Å². The minimum atomic E-state index is 0.579. The molecule has 0 aliphatic heterocycles. The number of hydrogen-bond acceptors (Lipinski definition) is 3. The van der Waals surface area contributed by atoms with E-state index in [1.807, 2.05) is 11.3 Å². The lowest BCUT2D eigenvalue weighted by Crippen LogP contribution is -2.36. The summed E-state index contributed by atoms with van der Waals surface area (Å²) < 4.78 is 0. The van der Waals surface area contributed by atoms with E-state index in [2.05, 4.69) is 71.9 Å². The second kappa shape index (κ2) is 8.20. The van der Waals surface area contributed by atoms with Gasteiger partial charge in [0.2, 0.25) is 0 Å². The van der Waals surface area contributed by atoms with E-state index >= 15 is 0 Å². The van der Waals surface area contributed by atoms with Gasteiger partial charge in [0.1, 0.15) is 0 Å². The van der Waals surface area contributed by atoms with E-state index in [9.17, 15) is 0 Å². The molecule has 2 aromatic rings. The van der Waals surface area contributed by atoms with Gasteiger partial charge in [-0.25, -0.2) is 0 Å². The van der Waals surface area contributed by atoms with E-state index in [0.717, 1.165) is 26.2 Å². The van der Waals surface area contributed by atoms with Gasteiger partial charge in [-0.3, -0.25) is 4.90 Å². The number of rotatable bonds is 8. The lowest BCUT2D eigenvalue weighted by atomic mass is 10.2. The van der Waals surface area contributed by atoms with Crippen LogP contribution in [-0.2, 0) is 13.1 Å². The van der Waals surface area contributed by atoms with Crippen LogP contribution >= 0.6 is 11.3 Å². The molecule has 0 atom stereocenters. The monoisotopic (exact) mass is 288 g/mol. The second-order valence-electron chi connectivity index (χ2n) is 5.31. The molecule has 1 heterocycles. The largest absolute Gasteiger partial charge is 0.311 e. The molecule has 1 N–H and O–H groups in total. The van der Waals surface area contributed by atoms with Crippen molar-refractivity contribution < 1.29 is 0 Å². The SMILES string of the molecule is CC(C)N(CCNCc1ccccc1)Cc1cccs1. The van der Waals surface area contributed by atoms with Gasteiger partial charge in [-0.2, -0.15) is 0 Å². The van der Waals surface area contributed by atoms with Crippen LogP contribution in [0.1, 0.15) is 24.3 Å². The third kappa shape index (κ3) is 5.08. The van der Waals surface area contributed by atoms with Crippen LogP contribution in [0.3, 0.4) is 0 Å². The zero-order valence-electron chi connectivity index (χ0n) is 12.4. The van der Waals surface area contributed by atoms with Gasteiger partial charge < -0.3 is 5.32 Å². The normalized spacial score (nSPS) is 11.4. The standard InChI is InChI=1S/C17H24N2S/c1-15(2)19(14-17-9-6-12-20-17)11-10-18-13-16-7-4-3-5-8-16/h3-9,12,15,18H,10-11,13-14H2,1-2H3. The zero-order valence-corrected chi connectivity index (χ0v) is 13.2. The molecule has 1 aromatic carbocycles. The molecule has 2 nitrogen and oxygen atoms in total. The van der Waals surface area contributed by atoms with E-state index in [4.69, 9.17) is 0 Å². The number of nitrogens with one attached hydrogen (secondary N) is 1. The Morgan fingerprint density at radius 3 is 2.55 bits per heavy atom. The molecule has 20 heavy (non-hydrogen) atoms. The Morgan fingerprint density at radius 1 is 1.10 bits per heavy atom. The lowest BCUT2D eigenvalue weighted by Gasteiger charge is -2.26. The van der Waals surface area contributed by atoms with Crippen LogP contribution in [0.15, 0.2) is 47.8 Å². The van der Waals surface area contributed by atoms with Crippen molar-refractivity contribution in [3.63, 3.8) is 0 Å². The van der Waals surface area contributed by atoms with E-state index < -0.39 is 0 Å². The molecule has 0 unspecified atom stereocenters. The molecule has 0 fully saturated rings. The molecule has 0 bridgehead atoms. The van der Waals surface area contributed by atoms with Gasteiger partial charge in [-0.1, -0.05) is 36.4 Å². The average molecular weight is 288 g/mol. The molecule has 0 aliphatic rings. The van der Waals surface area contributed by atoms with Gasteiger partial charge >= 0.3 is 0 Å². The van der Waals surface area contributed by atoms with E-state index in [0.29, 0.717) is 6.04 Å². The van der Waals surface area contributed by atoms with Crippen molar-refractivity contribution in [1.29, 1.82) is 0 Å². The summed E-state index contributed by atoms with van der Waals surface area (Å²) in [5.74, 6) is 0. The Bertz CT molecular complexity index is 465. The van der Waals surface area contributed by atoms with Crippen LogP contribution < -0.4 is 5.32 Å². The average Bonchev–Trinajstić information content (AvgIpc) is 2.96. The summed E-state index contributed by atoms with van der Waals surface area (Å²) in [6.07, 6.45) is 0. The van der Waals surface area contributed by atoms with Crippen LogP contribution in [0.4, 0.5) is 0 Å². The van der Waals surface area contributed by atoms with Crippen molar-refractivity contribution in [3.8, 4) is 0 Å². The van der Waals surface area contributed by atoms with Gasteiger partial charge in [0, 0.05) is 37.1 Å². The Hall–Kier alpha value is -1.16. The number of benzene rings is 1. The first kappa shape index (κ1) is 15.2. The highest BCUT2D eigenvalue weighted by atomic mass is 32.1. The molecule has 0 amide bonds. The molecular formula is C17H24N2S. The van der Waals surface area contributed by atoms with Crippen LogP contribution in [0.5, 0.6) is 0 Å². The van der Waals surface area contributed by atoms with Crippen LogP contribution in [-0.4, -0.2) is 24.0 Å². The van der Waals surface area contributed by atoms with Crippen LogP contribution in [0, 0.1) is 0 Å². The molecule has 0 radical (unpaired) electrons. The van der Waals surface area contributed by atoms with Crippen molar-refractivity contribution in [2.24, 2.45) is 0 Å². The Labute approximate surface area is 126 Å². The fourth-order valence-electron chi connectivity index (χ4n) is 2.17. The highest BCUT2D eigenvalue weighted by molar-refractivity contribution is 7.09. The van der Waals surface area contributed by atoms with Crippen molar-refractivity contribution >= 4 is 11.3 Å². The third-order valence-corrected chi connectivity index (χ3v) is 4.28. The fourth-order valence-corrected chi connectivity index (χ4v) is 2.90. The highest BCUT2D eigenvalue weighted by Gasteiger charge is 2.10. The fraction of sp³-hybridized carbons (Fsp3) is 0.412. The lowest BCUT2D eigenvalue weighted by molar-refractivity contribution is 0.215. The Balaban J connectivity index is 1.72. The predicted molar refractivity (Wildman–Crippen MR) is 88.0 cm³/mol. The zero-order chi connectivity index (χ0) is 14.2. The molecule has 108 valence electrons. The van der Waals surface area contributed by atoms with E-state index in [1.54, 1.807) is 0 Å². The summed E-state index contributed by atoms with van der Waals surface area (Å²) in [5, 5.41) is 5.68. The van der Waals surface area contributed by atoms with Crippen molar-refractivity contribution in [2.45, 2.75) is 33.0 Å². The summed E-state index contributed by atoms with van der Waals surface area (Å²) in [4.78, 5) is 3.96. The first-order valence-electron chi connectivity index (χ1n) is 7.27. The predicted octanol–water partition coefficient (Wildman–Crippen LogP) is 3.75. The summed E-state index contributed by atoms with van der Waals surface area (Å²) in [6.45, 7) is 8.66. The molecule has 0 spiro atoms. The Morgan fingerprint density at radius 2 is 1.90 bits per heavy atom. The molecule has 3 heteroatoms. The summed E-state index contributed by atoms with van der Waals surface area (Å²) >= 11 is 1.84. The minimum Gasteiger partial charge on any atom is -0.311 e. The number of nitrogens with zero attached hydrogens (tertiary/aromatic N) is 1. The third-order valence-electron chi connectivity index (χ3n) is 3.42. The van der Waals surface area contributed by atoms with Crippen LogP contribution in [0.2, 0.25) is 0 Å². The summed E-state index contributed by atoms with van der Waals surface area (Å²) in [6, 6.07) is 15.5. The highest BCUT2D eigenvalue weighted by Crippen LogP contribution is 2.13.